The fourth-order valence-corrected chi connectivity index (χ4v) is 2.91. The number of aryl methyl sites for hydroxylation is 1. The Morgan fingerprint density at radius 3 is 3.04 bits per heavy atom. The molecule has 1 fully saturated rings. The summed E-state index contributed by atoms with van der Waals surface area (Å²) in [6, 6.07) is 7.68. The molecule has 0 unspecified atom stereocenters. The van der Waals surface area contributed by atoms with Crippen molar-refractivity contribution in [2.45, 2.75) is 25.5 Å². The minimum Gasteiger partial charge on any atom is -0.392 e. The van der Waals surface area contributed by atoms with Crippen LogP contribution in [0.4, 0.5) is 10.2 Å². The van der Waals surface area contributed by atoms with Crippen molar-refractivity contribution >= 4 is 11.7 Å². The molecule has 0 saturated carbocycles. The summed E-state index contributed by atoms with van der Waals surface area (Å²) in [6.07, 6.45) is -0.0647. The first-order valence-corrected chi connectivity index (χ1v) is 7.42. The number of likely N-dealkylation sites (tertiary alicyclic amines) is 1. The van der Waals surface area contributed by atoms with Gasteiger partial charge in [-0.05, 0) is 31.0 Å². The van der Waals surface area contributed by atoms with Crippen molar-refractivity contribution in [2.75, 3.05) is 18.4 Å². The van der Waals surface area contributed by atoms with Crippen LogP contribution in [0.25, 0.3) is 0 Å². The van der Waals surface area contributed by atoms with Gasteiger partial charge < -0.3 is 14.9 Å². The Labute approximate surface area is 132 Å². The van der Waals surface area contributed by atoms with Crippen LogP contribution in [0.5, 0.6) is 0 Å². The zero-order valence-electron chi connectivity index (χ0n) is 12.7. The monoisotopic (exact) mass is 319 g/mol. The third-order valence-electron chi connectivity index (χ3n) is 3.86. The number of aliphatic hydroxyl groups is 1. The van der Waals surface area contributed by atoms with E-state index in [1.807, 2.05) is 4.90 Å². The Balaban J connectivity index is 1.68. The number of halogens is 1. The first kappa shape index (κ1) is 15.6. The molecule has 122 valence electrons. The Bertz CT molecular complexity index is 703. The molecule has 2 atom stereocenters. The van der Waals surface area contributed by atoms with Gasteiger partial charge in [0.05, 0.1) is 12.6 Å². The highest BCUT2D eigenvalue weighted by Gasteiger charge is 2.33. The average molecular weight is 319 g/mol. The summed E-state index contributed by atoms with van der Waals surface area (Å²) < 4.78 is 18.3. The van der Waals surface area contributed by atoms with Gasteiger partial charge >= 0.3 is 0 Å². The number of β-amino-alcohol motifs (C(OH)–C–C–N with tert-alkyl or cyclic N) is 1. The molecular formula is C16H18FN3O3. The highest BCUT2D eigenvalue weighted by molar-refractivity contribution is 5.91. The maximum absolute atomic E-state index is 13.4. The van der Waals surface area contributed by atoms with Gasteiger partial charge in [-0.25, -0.2) is 4.39 Å². The number of aliphatic hydroxyl groups excluding tert-OH is 1. The molecule has 1 saturated heterocycles. The quantitative estimate of drug-likeness (QED) is 0.899. The molecule has 7 heteroatoms. The number of rotatable bonds is 4. The number of amides is 1. The third-order valence-corrected chi connectivity index (χ3v) is 3.86. The van der Waals surface area contributed by atoms with Crippen LogP contribution < -0.4 is 5.32 Å². The lowest BCUT2D eigenvalue weighted by Crippen LogP contribution is -2.33. The Morgan fingerprint density at radius 2 is 2.35 bits per heavy atom. The van der Waals surface area contributed by atoms with Crippen molar-refractivity contribution < 1.29 is 18.8 Å². The fraction of sp³-hybridized carbons (Fsp3) is 0.375. The number of carbonyl (C=O) groups excluding carboxylic acids is 1. The Morgan fingerprint density at radius 1 is 1.52 bits per heavy atom. The van der Waals surface area contributed by atoms with E-state index in [4.69, 9.17) is 4.52 Å². The molecule has 2 aromatic rings. The lowest BCUT2D eigenvalue weighted by atomic mass is 10.0. The summed E-state index contributed by atoms with van der Waals surface area (Å²) in [4.78, 5) is 14.0. The second-order valence-corrected chi connectivity index (χ2v) is 5.76. The van der Waals surface area contributed by atoms with Crippen molar-refractivity contribution in [3.8, 4) is 0 Å². The third kappa shape index (κ3) is 3.75. The second kappa shape index (κ2) is 6.47. The zero-order valence-corrected chi connectivity index (χ0v) is 12.7. The largest absolute Gasteiger partial charge is 0.392 e. The van der Waals surface area contributed by atoms with Crippen LogP contribution in [0.1, 0.15) is 23.8 Å². The van der Waals surface area contributed by atoms with Crippen LogP contribution in [0.3, 0.4) is 0 Å². The maximum atomic E-state index is 13.4. The second-order valence-electron chi connectivity index (χ2n) is 5.76. The number of carbonyl (C=O) groups is 1. The molecule has 1 aliphatic rings. The van der Waals surface area contributed by atoms with Gasteiger partial charge in [0.1, 0.15) is 11.6 Å². The van der Waals surface area contributed by atoms with E-state index in [1.165, 1.54) is 12.1 Å². The maximum Gasteiger partial charge on any atom is 0.239 e. The highest BCUT2D eigenvalue weighted by Crippen LogP contribution is 2.32. The molecule has 0 aliphatic carbocycles. The number of aromatic nitrogens is 1. The molecule has 2 heterocycles. The van der Waals surface area contributed by atoms with Crippen LogP contribution in [0.15, 0.2) is 34.9 Å². The normalized spacial score (nSPS) is 21.5. The van der Waals surface area contributed by atoms with Gasteiger partial charge in [0.25, 0.3) is 0 Å². The molecule has 2 N–H and O–H groups in total. The summed E-state index contributed by atoms with van der Waals surface area (Å²) >= 11 is 0. The predicted octanol–water partition coefficient (Wildman–Crippen LogP) is 1.87. The van der Waals surface area contributed by atoms with Crippen molar-refractivity contribution in [3.63, 3.8) is 0 Å². The van der Waals surface area contributed by atoms with E-state index in [-0.39, 0.29) is 24.3 Å². The number of benzene rings is 1. The molecule has 1 aliphatic heterocycles. The number of hydrogen-bond acceptors (Lipinski definition) is 5. The molecule has 1 aromatic carbocycles. The van der Waals surface area contributed by atoms with E-state index in [1.54, 1.807) is 25.1 Å². The Kier molecular flexibility index (Phi) is 4.40. The van der Waals surface area contributed by atoms with E-state index in [0.29, 0.717) is 24.5 Å². The first-order valence-electron chi connectivity index (χ1n) is 7.42. The van der Waals surface area contributed by atoms with Gasteiger partial charge in [0.15, 0.2) is 5.82 Å². The van der Waals surface area contributed by atoms with Gasteiger partial charge in [-0.15, -0.1) is 0 Å². The number of nitrogens with one attached hydrogen (secondary N) is 1. The minimum atomic E-state index is -0.537. The lowest BCUT2D eigenvalue weighted by Gasteiger charge is -2.23. The lowest BCUT2D eigenvalue weighted by molar-refractivity contribution is -0.117. The summed E-state index contributed by atoms with van der Waals surface area (Å²) in [5.41, 5.74) is 0.756. The van der Waals surface area contributed by atoms with Gasteiger partial charge in [0.2, 0.25) is 5.91 Å². The van der Waals surface area contributed by atoms with Crippen LogP contribution >= 0.6 is 0 Å². The summed E-state index contributed by atoms with van der Waals surface area (Å²) in [5.74, 6) is 0.379. The minimum absolute atomic E-state index is 0.0874. The van der Waals surface area contributed by atoms with Gasteiger partial charge in [-0.3, -0.25) is 9.69 Å². The molecule has 0 bridgehead atoms. The van der Waals surface area contributed by atoms with Gasteiger partial charge in [-0.1, -0.05) is 17.3 Å². The number of hydrogen-bond donors (Lipinski definition) is 2. The number of anilines is 1. The molecule has 0 radical (unpaired) electrons. The van der Waals surface area contributed by atoms with Crippen LogP contribution in [0, 0.1) is 12.7 Å². The summed E-state index contributed by atoms with van der Waals surface area (Å²) in [7, 11) is 0. The van der Waals surface area contributed by atoms with Crippen LogP contribution in [-0.4, -0.2) is 40.3 Å². The molecule has 6 nitrogen and oxygen atoms in total. The molecule has 3 rings (SSSR count). The first-order chi connectivity index (χ1) is 11.0. The smallest absolute Gasteiger partial charge is 0.239 e. The van der Waals surface area contributed by atoms with E-state index in [9.17, 15) is 14.3 Å². The van der Waals surface area contributed by atoms with Crippen LogP contribution in [0.2, 0.25) is 0 Å². The van der Waals surface area contributed by atoms with Crippen molar-refractivity contribution in [1.29, 1.82) is 0 Å². The van der Waals surface area contributed by atoms with Crippen molar-refractivity contribution in [1.82, 2.24) is 10.1 Å². The highest BCUT2D eigenvalue weighted by atomic mass is 19.1. The molecule has 23 heavy (non-hydrogen) atoms. The van der Waals surface area contributed by atoms with Gasteiger partial charge in [0, 0.05) is 18.7 Å². The fourth-order valence-electron chi connectivity index (χ4n) is 2.91. The number of nitrogens with zero attached hydrogens (tertiary/aromatic N) is 2. The molecular weight excluding hydrogens is 301 g/mol. The SMILES string of the molecule is Cc1cc(NC(=O)CN2C[C@@H](O)C[C@@H]2c2cccc(F)c2)no1. The summed E-state index contributed by atoms with van der Waals surface area (Å²) in [6.45, 7) is 2.19. The predicted molar refractivity (Wildman–Crippen MR) is 81.2 cm³/mol. The average Bonchev–Trinajstić information content (AvgIpc) is 3.05. The van der Waals surface area contributed by atoms with Crippen LogP contribution in [-0.2, 0) is 4.79 Å². The van der Waals surface area contributed by atoms with E-state index < -0.39 is 6.10 Å². The van der Waals surface area contributed by atoms with E-state index in [2.05, 4.69) is 10.5 Å². The van der Waals surface area contributed by atoms with E-state index in [0.717, 1.165) is 5.56 Å². The van der Waals surface area contributed by atoms with Crippen molar-refractivity contribution in [3.05, 3.63) is 47.5 Å². The Hall–Kier alpha value is -2.25. The topological polar surface area (TPSA) is 78.6 Å². The van der Waals surface area contributed by atoms with Crippen molar-refractivity contribution in [2.24, 2.45) is 0 Å². The zero-order chi connectivity index (χ0) is 16.4. The van der Waals surface area contributed by atoms with E-state index >= 15 is 0 Å². The standard InChI is InChI=1S/C16H18FN3O3/c1-10-5-15(19-23-10)18-16(22)9-20-8-13(21)7-14(20)11-3-2-4-12(17)6-11/h2-6,13-14,21H,7-9H2,1H3,(H,18,19,22)/t13-,14+/m0/s1. The molecule has 1 aromatic heterocycles. The molecule has 1 amide bonds. The summed E-state index contributed by atoms with van der Waals surface area (Å²) in [5, 5.41) is 16.3. The molecule has 0 spiro atoms. The van der Waals surface area contributed by atoms with Gasteiger partial charge in [-0.2, -0.15) is 0 Å².